The summed E-state index contributed by atoms with van der Waals surface area (Å²) in [6, 6.07) is 32.9. The summed E-state index contributed by atoms with van der Waals surface area (Å²) >= 11 is 0. The summed E-state index contributed by atoms with van der Waals surface area (Å²) in [6.45, 7) is 0. The zero-order chi connectivity index (χ0) is 35.5. The minimum Gasteiger partial charge on any atom is -0.478 e. The van der Waals surface area contributed by atoms with E-state index in [-0.39, 0.29) is 37.4 Å². The highest BCUT2D eigenvalue weighted by molar-refractivity contribution is 5.96. The maximum absolute atomic E-state index is 12.4. The lowest BCUT2D eigenvalue weighted by molar-refractivity contribution is 0.0696. The zero-order valence-corrected chi connectivity index (χ0v) is 27.1. The van der Waals surface area contributed by atoms with E-state index in [0.717, 1.165) is 33.6 Å². The largest absolute Gasteiger partial charge is 0.478 e. The van der Waals surface area contributed by atoms with Crippen LogP contribution in [-0.2, 0) is 0 Å². The van der Waals surface area contributed by atoms with Crippen LogP contribution in [0, 0.1) is 0 Å². The Morgan fingerprint density at radius 1 is 0.604 bits per heavy atom. The molecule has 0 fully saturated rings. The zero-order valence-electron chi connectivity index (χ0n) is 27.1. The van der Waals surface area contributed by atoms with Gasteiger partial charge in [-0.15, -0.1) is 0 Å². The number of hydrogen-bond donors (Lipinski definition) is 4. The third-order valence-electron chi connectivity index (χ3n) is 8.37. The summed E-state index contributed by atoms with van der Waals surface area (Å²) in [5, 5.41) is 12.7. The topological polar surface area (TPSA) is 168 Å². The smallest absolute Gasteiger partial charge is 0.335 e. The van der Waals surface area contributed by atoms with E-state index in [0.29, 0.717) is 27.6 Å². The van der Waals surface area contributed by atoms with Crippen molar-refractivity contribution >= 4 is 33.9 Å². The van der Waals surface area contributed by atoms with Crippen LogP contribution < -0.4 is 16.4 Å². The average Bonchev–Trinajstić information content (AvgIpc) is 3.77. The van der Waals surface area contributed by atoms with Gasteiger partial charge < -0.3 is 29.5 Å². The molecule has 0 aliphatic heterocycles. The Balaban J connectivity index is 0.000000197. The van der Waals surface area contributed by atoms with Crippen LogP contribution >= 0.6 is 0 Å². The van der Waals surface area contributed by atoms with Crippen molar-refractivity contribution in [3.8, 4) is 33.6 Å². The first kappa shape index (κ1) is 36.9. The molecule has 0 spiro atoms. The Bertz CT molecular complexity index is 2640. The van der Waals surface area contributed by atoms with Crippen LogP contribution in [0.25, 0.3) is 55.7 Å². The van der Waals surface area contributed by atoms with Gasteiger partial charge in [0, 0.05) is 47.5 Å². The molecule has 266 valence electrons. The van der Waals surface area contributed by atoms with E-state index < -0.39 is 5.97 Å². The molecule has 8 aromatic rings. The molecule has 0 aliphatic carbocycles. The van der Waals surface area contributed by atoms with Gasteiger partial charge in [-0.1, -0.05) is 75.5 Å². The van der Waals surface area contributed by atoms with Crippen LogP contribution in [0.4, 0.5) is 0 Å². The molecular formula is C41H37N7O5. The monoisotopic (exact) mass is 707 g/mol. The lowest BCUT2D eigenvalue weighted by Gasteiger charge is -2.06. The van der Waals surface area contributed by atoms with Crippen molar-refractivity contribution in [2.45, 2.75) is 14.9 Å². The summed E-state index contributed by atoms with van der Waals surface area (Å²) in [6.07, 6.45) is 6.51. The number of hydrogen-bond acceptors (Lipinski definition) is 6. The van der Waals surface area contributed by atoms with Gasteiger partial charge in [0.1, 0.15) is 0 Å². The third kappa shape index (κ3) is 7.14. The number of rotatable bonds is 6. The molecule has 0 unspecified atom stereocenters. The number of carbonyl (C=O) groups excluding carboxylic acids is 1. The van der Waals surface area contributed by atoms with Gasteiger partial charge in [0.15, 0.2) is 11.3 Å². The lowest BCUT2D eigenvalue weighted by atomic mass is 10.1. The molecule has 4 aromatic carbocycles. The quantitative estimate of drug-likeness (QED) is 0.143. The van der Waals surface area contributed by atoms with Crippen molar-refractivity contribution in [2.24, 2.45) is 0 Å². The van der Waals surface area contributed by atoms with Crippen LogP contribution in [0.5, 0.6) is 0 Å². The number of carbonyl (C=O) groups is 2. The standard InChI is InChI=1S/C20H16N4O2.C19H13N3O3.2CH4/c1-21-19(25)14-7-9-15(10-8-14)24-11-16(13-5-3-2-4-6-13)17-18(24)22-12-23-20(17)26;23-18-16-15(12-4-2-1-3-5-12)10-22(17(16)20-11-21-18)14-8-6-13(7-9-14)19(24)25;;/h2-12H,1H3,(H,21,25)(H,22,23,26);1-11H,(H,24,25)(H,20,21,23);2*1H4. The predicted molar refractivity (Wildman–Crippen MR) is 208 cm³/mol. The molecule has 0 saturated carbocycles. The van der Waals surface area contributed by atoms with Crippen molar-refractivity contribution < 1.29 is 14.7 Å². The molecule has 1 amide bonds. The van der Waals surface area contributed by atoms with E-state index in [4.69, 9.17) is 5.11 Å². The van der Waals surface area contributed by atoms with Gasteiger partial charge in [0.25, 0.3) is 17.0 Å². The maximum Gasteiger partial charge on any atom is 0.335 e. The number of H-pyrrole nitrogens is 2. The van der Waals surface area contributed by atoms with E-state index in [1.165, 1.54) is 24.8 Å². The molecule has 12 nitrogen and oxygen atoms in total. The Kier molecular flexibility index (Phi) is 10.9. The summed E-state index contributed by atoms with van der Waals surface area (Å²) in [5.74, 6) is -1.13. The van der Waals surface area contributed by atoms with E-state index >= 15 is 0 Å². The van der Waals surface area contributed by atoms with Crippen molar-refractivity contribution in [2.75, 3.05) is 7.05 Å². The van der Waals surface area contributed by atoms with E-state index in [9.17, 15) is 19.2 Å². The molecule has 0 aliphatic rings. The van der Waals surface area contributed by atoms with Gasteiger partial charge in [-0.3, -0.25) is 14.4 Å². The molecule has 0 atom stereocenters. The third-order valence-corrected chi connectivity index (χ3v) is 8.37. The van der Waals surface area contributed by atoms with Gasteiger partial charge in [0.2, 0.25) is 0 Å². The summed E-state index contributed by atoms with van der Waals surface area (Å²) < 4.78 is 3.65. The van der Waals surface area contributed by atoms with Crippen LogP contribution in [0.1, 0.15) is 35.6 Å². The summed E-state index contributed by atoms with van der Waals surface area (Å²) in [4.78, 5) is 61.5. The van der Waals surface area contributed by atoms with Crippen molar-refractivity contribution in [3.63, 3.8) is 0 Å². The number of aromatic amines is 2. The minimum atomic E-state index is -0.983. The highest BCUT2D eigenvalue weighted by Gasteiger charge is 2.17. The van der Waals surface area contributed by atoms with Gasteiger partial charge in [-0.05, 0) is 59.7 Å². The number of nitrogens with one attached hydrogen (secondary N) is 3. The molecule has 0 radical (unpaired) electrons. The number of aromatic carboxylic acids is 1. The van der Waals surface area contributed by atoms with Crippen molar-refractivity contribution in [3.05, 3.63) is 166 Å². The Hall–Kier alpha value is -7.34. The highest BCUT2D eigenvalue weighted by atomic mass is 16.4. The number of fused-ring (bicyclic) bond motifs is 2. The number of nitrogens with zero attached hydrogens (tertiary/aromatic N) is 4. The predicted octanol–water partition coefficient (Wildman–Crippen LogP) is 7.09. The van der Waals surface area contributed by atoms with E-state index in [1.54, 1.807) is 35.9 Å². The summed E-state index contributed by atoms with van der Waals surface area (Å²) in [5.41, 5.74) is 6.45. The minimum absolute atomic E-state index is 0. The van der Waals surface area contributed by atoms with Crippen LogP contribution in [0.15, 0.2) is 144 Å². The number of benzene rings is 4. The fourth-order valence-electron chi connectivity index (χ4n) is 5.89. The van der Waals surface area contributed by atoms with Crippen LogP contribution in [0.2, 0.25) is 0 Å². The molecule has 4 aromatic heterocycles. The fourth-order valence-corrected chi connectivity index (χ4v) is 5.89. The highest BCUT2D eigenvalue weighted by Crippen LogP contribution is 2.30. The Morgan fingerprint density at radius 2 is 1.00 bits per heavy atom. The second kappa shape index (κ2) is 15.7. The van der Waals surface area contributed by atoms with E-state index in [2.05, 4.69) is 25.3 Å². The summed E-state index contributed by atoms with van der Waals surface area (Å²) in [7, 11) is 1.60. The van der Waals surface area contributed by atoms with Gasteiger partial charge >= 0.3 is 5.97 Å². The molecular weight excluding hydrogens is 670 g/mol. The number of amides is 1. The molecule has 0 bridgehead atoms. The number of carboxylic acids is 1. The van der Waals surface area contributed by atoms with Crippen molar-refractivity contribution in [1.29, 1.82) is 0 Å². The Labute approximate surface area is 304 Å². The molecule has 0 saturated heterocycles. The average molecular weight is 708 g/mol. The van der Waals surface area contributed by atoms with Gasteiger partial charge in [-0.2, -0.15) is 0 Å². The lowest BCUT2D eigenvalue weighted by Crippen LogP contribution is -2.17. The molecule has 4 heterocycles. The first-order valence-corrected chi connectivity index (χ1v) is 15.8. The number of carboxylic acid groups (broad SMARTS) is 1. The first-order chi connectivity index (χ1) is 24.8. The molecule has 53 heavy (non-hydrogen) atoms. The van der Waals surface area contributed by atoms with Gasteiger partial charge in [-0.25, -0.2) is 14.8 Å². The van der Waals surface area contributed by atoms with Crippen molar-refractivity contribution in [1.82, 2.24) is 34.4 Å². The molecule has 12 heteroatoms. The van der Waals surface area contributed by atoms with Crippen LogP contribution in [-0.4, -0.2) is 53.1 Å². The number of aromatic nitrogens is 6. The SMILES string of the molecule is C.C.CNC(=O)c1ccc(-n2cc(-c3ccccc3)c3c(=O)[nH]cnc32)cc1.O=C(O)c1ccc(-n2cc(-c3ccccc3)c3c(=O)[nH]cnc32)cc1. The molecule has 8 rings (SSSR count). The Morgan fingerprint density at radius 3 is 1.38 bits per heavy atom. The fraction of sp³-hybridized carbons (Fsp3) is 0.0732. The molecule has 4 N–H and O–H groups in total. The maximum atomic E-state index is 12.4. The normalized spacial score (nSPS) is 10.4. The second-order valence-corrected chi connectivity index (χ2v) is 11.4. The second-order valence-electron chi connectivity index (χ2n) is 11.4. The van der Waals surface area contributed by atoms with Crippen LogP contribution in [0.3, 0.4) is 0 Å². The first-order valence-electron chi connectivity index (χ1n) is 15.8. The van der Waals surface area contributed by atoms with E-state index in [1.807, 2.05) is 89.8 Å². The van der Waals surface area contributed by atoms with Gasteiger partial charge in [0.05, 0.1) is 29.0 Å².